The van der Waals surface area contributed by atoms with Gasteiger partial charge in [0, 0.05) is 29.7 Å². The molecule has 2 nitrogen and oxygen atoms in total. The van der Waals surface area contributed by atoms with Crippen molar-refractivity contribution in [3.05, 3.63) is 0 Å². The predicted molar refractivity (Wildman–Crippen MR) is 60.5 cm³/mol. The Labute approximate surface area is 88.1 Å². The van der Waals surface area contributed by atoms with Crippen molar-refractivity contribution in [1.29, 1.82) is 0 Å². The van der Waals surface area contributed by atoms with Gasteiger partial charge in [0.2, 0.25) is 0 Å². The van der Waals surface area contributed by atoms with Gasteiger partial charge in [-0.05, 0) is 47.5 Å². The van der Waals surface area contributed by atoms with E-state index in [0.29, 0.717) is 16.6 Å². The molecule has 2 unspecified atom stereocenters. The van der Waals surface area contributed by atoms with E-state index in [9.17, 15) is 0 Å². The first-order chi connectivity index (χ1) is 6.23. The second kappa shape index (κ2) is 2.73. The van der Waals surface area contributed by atoms with E-state index in [2.05, 4.69) is 44.8 Å². The quantitative estimate of drug-likeness (QED) is 0.637. The number of hydrogen-bond donors (Lipinski definition) is 1. The van der Waals surface area contributed by atoms with Crippen LogP contribution in [0, 0.1) is 0 Å². The normalized spacial score (nSPS) is 44.4. The molecule has 0 amide bonds. The Balaban J connectivity index is 2.20. The summed E-state index contributed by atoms with van der Waals surface area (Å²) in [7, 11) is 0. The van der Waals surface area contributed by atoms with Gasteiger partial charge >= 0.3 is 0 Å². The van der Waals surface area contributed by atoms with Crippen LogP contribution >= 0.6 is 0 Å². The first-order valence-corrected chi connectivity index (χ1v) is 5.77. The highest BCUT2D eigenvalue weighted by atomic mass is 15.3. The molecule has 2 aliphatic heterocycles. The second-order valence-electron chi connectivity index (χ2n) is 6.77. The van der Waals surface area contributed by atoms with Crippen molar-refractivity contribution in [3.63, 3.8) is 0 Å². The van der Waals surface area contributed by atoms with Gasteiger partial charge in [0.15, 0.2) is 0 Å². The van der Waals surface area contributed by atoms with Gasteiger partial charge in [0.25, 0.3) is 0 Å². The van der Waals surface area contributed by atoms with Gasteiger partial charge in [-0.1, -0.05) is 0 Å². The number of fused-ring (bicyclic) bond motifs is 2. The summed E-state index contributed by atoms with van der Waals surface area (Å²) in [4.78, 5) is 2.64. The summed E-state index contributed by atoms with van der Waals surface area (Å²) in [6, 6.07) is 0. The maximum Gasteiger partial charge on any atom is 0.0286 e. The third kappa shape index (κ3) is 1.70. The Bertz CT molecular complexity index is 225. The molecule has 2 heteroatoms. The second-order valence-corrected chi connectivity index (χ2v) is 6.77. The van der Waals surface area contributed by atoms with Gasteiger partial charge < -0.3 is 5.32 Å². The van der Waals surface area contributed by atoms with Crippen LogP contribution in [0.5, 0.6) is 0 Å². The lowest BCUT2D eigenvalue weighted by Crippen LogP contribution is -2.66. The SMILES string of the molecule is CC12CCC(C)(CN(C(C)(C)C)C1)N2. The van der Waals surface area contributed by atoms with Crippen LogP contribution in [0.3, 0.4) is 0 Å². The van der Waals surface area contributed by atoms with E-state index in [1.807, 2.05) is 0 Å². The first kappa shape index (κ1) is 10.4. The molecule has 0 spiro atoms. The predicted octanol–water partition coefficient (Wildman–Crippen LogP) is 2.00. The zero-order valence-corrected chi connectivity index (χ0v) is 10.3. The highest BCUT2D eigenvalue weighted by Crippen LogP contribution is 2.38. The molecule has 2 rings (SSSR count). The minimum absolute atomic E-state index is 0.314. The van der Waals surface area contributed by atoms with Crippen molar-refractivity contribution in [2.45, 2.75) is 64.1 Å². The van der Waals surface area contributed by atoms with E-state index in [4.69, 9.17) is 0 Å². The number of nitrogens with one attached hydrogen (secondary N) is 1. The van der Waals surface area contributed by atoms with Crippen LogP contribution in [0.2, 0.25) is 0 Å². The van der Waals surface area contributed by atoms with Crippen LogP contribution in [0.1, 0.15) is 47.5 Å². The minimum Gasteiger partial charge on any atom is -0.304 e. The third-order valence-corrected chi connectivity index (χ3v) is 3.86. The van der Waals surface area contributed by atoms with Gasteiger partial charge in [0.05, 0.1) is 0 Å². The molecule has 2 bridgehead atoms. The molecule has 0 radical (unpaired) electrons. The van der Waals surface area contributed by atoms with Gasteiger partial charge in [-0.25, -0.2) is 0 Å². The number of likely N-dealkylation sites (tertiary alicyclic amines) is 1. The van der Waals surface area contributed by atoms with Crippen molar-refractivity contribution in [2.75, 3.05) is 13.1 Å². The number of hydrogen-bond acceptors (Lipinski definition) is 2. The topological polar surface area (TPSA) is 15.3 Å². The molecule has 0 aromatic heterocycles. The van der Waals surface area contributed by atoms with E-state index in [1.165, 1.54) is 25.9 Å². The molecular weight excluding hydrogens is 172 g/mol. The van der Waals surface area contributed by atoms with Gasteiger partial charge in [-0.3, -0.25) is 4.90 Å². The maximum absolute atomic E-state index is 3.80. The number of rotatable bonds is 0. The van der Waals surface area contributed by atoms with Crippen LogP contribution in [0.4, 0.5) is 0 Å². The van der Waals surface area contributed by atoms with Crippen molar-refractivity contribution in [1.82, 2.24) is 10.2 Å². The molecule has 2 fully saturated rings. The molecule has 2 saturated heterocycles. The molecule has 82 valence electrons. The molecule has 1 N–H and O–H groups in total. The molecule has 0 aromatic carbocycles. The van der Waals surface area contributed by atoms with Crippen molar-refractivity contribution >= 4 is 0 Å². The van der Waals surface area contributed by atoms with Gasteiger partial charge in [0.1, 0.15) is 0 Å². The van der Waals surface area contributed by atoms with E-state index < -0.39 is 0 Å². The molecule has 2 heterocycles. The summed E-state index contributed by atoms with van der Waals surface area (Å²) in [5, 5.41) is 3.80. The zero-order chi connectivity index (χ0) is 10.6. The Kier molecular flexibility index (Phi) is 2.04. The lowest BCUT2D eigenvalue weighted by molar-refractivity contribution is 0.0380. The van der Waals surface area contributed by atoms with E-state index in [1.54, 1.807) is 0 Å². The zero-order valence-electron chi connectivity index (χ0n) is 10.3. The van der Waals surface area contributed by atoms with E-state index in [0.717, 1.165) is 0 Å². The maximum atomic E-state index is 3.80. The summed E-state index contributed by atoms with van der Waals surface area (Å²) >= 11 is 0. The third-order valence-electron chi connectivity index (χ3n) is 3.86. The molecule has 0 aromatic rings. The lowest BCUT2D eigenvalue weighted by atomic mass is 9.93. The fourth-order valence-corrected chi connectivity index (χ4v) is 3.02. The van der Waals surface area contributed by atoms with Crippen LogP contribution in [0.25, 0.3) is 0 Å². The Morgan fingerprint density at radius 1 is 1.00 bits per heavy atom. The van der Waals surface area contributed by atoms with Crippen molar-refractivity contribution in [3.8, 4) is 0 Å². The largest absolute Gasteiger partial charge is 0.304 e. The number of piperazine rings is 1. The first-order valence-electron chi connectivity index (χ1n) is 5.77. The van der Waals surface area contributed by atoms with E-state index in [-0.39, 0.29) is 0 Å². The smallest absolute Gasteiger partial charge is 0.0286 e. The highest BCUT2D eigenvalue weighted by molar-refractivity contribution is 5.10. The fraction of sp³-hybridized carbons (Fsp3) is 1.00. The fourth-order valence-electron chi connectivity index (χ4n) is 3.02. The van der Waals surface area contributed by atoms with Crippen LogP contribution in [-0.2, 0) is 0 Å². The lowest BCUT2D eigenvalue weighted by Gasteiger charge is -2.49. The van der Waals surface area contributed by atoms with Crippen molar-refractivity contribution in [2.24, 2.45) is 0 Å². The standard InChI is InChI=1S/C12H24N2/c1-10(2,3)14-8-11(4)6-7-12(5,9-14)13-11/h13H,6-9H2,1-5H3. The molecule has 2 atom stereocenters. The van der Waals surface area contributed by atoms with E-state index >= 15 is 0 Å². The summed E-state index contributed by atoms with van der Waals surface area (Å²) < 4.78 is 0. The minimum atomic E-state index is 0.314. The molecule has 2 aliphatic rings. The van der Waals surface area contributed by atoms with Gasteiger partial charge in [-0.15, -0.1) is 0 Å². The van der Waals surface area contributed by atoms with Crippen molar-refractivity contribution < 1.29 is 0 Å². The molecule has 0 saturated carbocycles. The summed E-state index contributed by atoms with van der Waals surface area (Å²) in [5.74, 6) is 0. The van der Waals surface area contributed by atoms with Crippen LogP contribution in [0.15, 0.2) is 0 Å². The van der Waals surface area contributed by atoms with Crippen LogP contribution in [-0.4, -0.2) is 34.6 Å². The summed E-state index contributed by atoms with van der Waals surface area (Å²) in [6.45, 7) is 14.1. The summed E-state index contributed by atoms with van der Waals surface area (Å²) in [6.07, 6.45) is 2.66. The summed E-state index contributed by atoms with van der Waals surface area (Å²) in [5.41, 5.74) is 1.04. The Morgan fingerprint density at radius 3 is 1.79 bits per heavy atom. The monoisotopic (exact) mass is 196 g/mol. The van der Waals surface area contributed by atoms with Crippen LogP contribution < -0.4 is 5.32 Å². The molecule has 14 heavy (non-hydrogen) atoms. The molecule has 0 aliphatic carbocycles. The number of nitrogens with zero attached hydrogens (tertiary/aromatic N) is 1. The Morgan fingerprint density at radius 2 is 1.43 bits per heavy atom. The average molecular weight is 196 g/mol. The molecular formula is C12H24N2. The average Bonchev–Trinajstić information content (AvgIpc) is 2.18. The highest BCUT2D eigenvalue weighted by Gasteiger charge is 2.49. The van der Waals surface area contributed by atoms with Gasteiger partial charge in [-0.2, -0.15) is 0 Å². The Hall–Kier alpha value is -0.0800.